The average molecular weight is 384 g/mol. The van der Waals surface area contributed by atoms with Crippen LogP contribution in [0.3, 0.4) is 0 Å². The zero-order valence-electron chi connectivity index (χ0n) is 13.8. The van der Waals surface area contributed by atoms with Gasteiger partial charge in [-0.05, 0) is 44.9 Å². The Morgan fingerprint density at radius 1 is 1.26 bits per heavy atom. The topological polar surface area (TPSA) is 64.6 Å². The molecule has 0 aliphatic rings. The molecule has 126 valence electrons. The fourth-order valence-corrected chi connectivity index (χ4v) is 2.03. The van der Waals surface area contributed by atoms with Crippen molar-refractivity contribution in [2.24, 2.45) is 0 Å². The molecule has 0 bridgehead atoms. The molecule has 0 saturated heterocycles. The second-order valence-corrected chi connectivity index (χ2v) is 6.88. The number of methoxy groups -OCH3 is 1. The van der Waals surface area contributed by atoms with E-state index in [9.17, 15) is 9.59 Å². The number of halogens is 1. The van der Waals surface area contributed by atoms with Crippen molar-refractivity contribution in [3.8, 4) is 0 Å². The van der Waals surface area contributed by atoms with Crippen molar-refractivity contribution >= 4 is 28.0 Å². The molecule has 0 aliphatic carbocycles. The third-order valence-electron chi connectivity index (χ3n) is 2.74. The monoisotopic (exact) mass is 383 g/mol. The molecule has 0 fully saturated rings. The predicted octanol–water partition coefficient (Wildman–Crippen LogP) is 3.61. The first kappa shape index (κ1) is 19.2. The lowest BCUT2D eigenvalue weighted by Gasteiger charge is -2.22. The Kier molecular flexibility index (Phi) is 7.29. The smallest absolute Gasteiger partial charge is 0.408 e. The first-order chi connectivity index (χ1) is 10.7. The third kappa shape index (κ3) is 8.40. The number of alkyl carbamates (subject to hydrolysis) is 1. The standard InChI is InChI=1S/C17H22BrNO4/c1-17(2,3)23-16(21)19-14(9-10-15(20)22-4)11-12-5-7-13(18)8-6-12/h5-10,14H,11H2,1-4H3,(H,19,21)/b10-9+/t14-/m1/s1. The van der Waals surface area contributed by atoms with Crippen molar-refractivity contribution in [3.63, 3.8) is 0 Å². The van der Waals surface area contributed by atoms with Crippen LogP contribution in [0.2, 0.25) is 0 Å². The van der Waals surface area contributed by atoms with Gasteiger partial charge in [-0.2, -0.15) is 0 Å². The Bertz CT molecular complexity index is 561. The molecule has 0 saturated carbocycles. The van der Waals surface area contributed by atoms with Crippen LogP contribution in [0, 0.1) is 0 Å². The summed E-state index contributed by atoms with van der Waals surface area (Å²) in [5, 5.41) is 2.75. The highest BCUT2D eigenvalue weighted by Gasteiger charge is 2.18. The molecule has 0 unspecified atom stereocenters. The summed E-state index contributed by atoms with van der Waals surface area (Å²) in [6, 6.07) is 7.35. The summed E-state index contributed by atoms with van der Waals surface area (Å²) in [6.45, 7) is 5.38. The zero-order chi connectivity index (χ0) is 17.5. The van der Waals surface area contributed by atoms with Gasteiger partial charge in [0.25, 0.3) is 0 Å². The molecular formula is C17H22BrNO4. The lowest BCUT2D eigenvalue weighted by Crippen LogP contribution is -2.39. The Balaban J connectivity index is 2.80. The van der Waals surface area contributed by atoms with Crippen molar-refractivity contribution in [1.29, 1.82) is 0 Å². The van der Waals surface area contributed by atoms with Crippen LogP contribution >= 0.6 is 15.9 Å². The second-order valence-electron chi connectivity index (χ2n) is 5.97. The molecule has 0 aromatic heterocycles. The van der Waals surface area contributed by atoms with E-state index >= 15 is 0 Å². The highest BCUT2D eigenvalue weighted by molar-refractivity contribution is 9.10. The van der Waals surface area contributed by atoms with Crippen molar-refractivity contribution in [1.82, 2.24) is 5.32 Å². The van der Waals surface area contributed by atoms with Gasteiger partial charge in [0.05, 0.1) is 13.2 Å². The predicted molar refractivity (Wildman–Crippen MR) is 92.2 cm³/mol. The number of ether oxygens (including phenoxy) is 2. The van der Waals surface area contributed by atoms with E-state index in [0.29, 0.717) is 6.42 Å². The Hall–Kier alpha value is -1.82. The van der Waals surface area contributed by atoms with Gasteiger partial charge in [0.2, 0.25) is 0 Å². The fourth-order valence-electron chi connectivity index (χ4n) is 1.76. The molecule has 23 heavy (non-hydrogen) atoms. The van der Waals surface area contributed by atoms with Crippen LogP contribution in [0.25, 0.3) is 0 Å². The minimum absolute atomic E-state index is 0.384. The van der Waals surface area contributed by atoms with Gasteiger partial charge in [-0.25, -0.2) is 9.59 Å². The molecule has 0 radical (unpaired) electrons. The normalized spacial score (nSPS) is 12.7. The van der Waals surface area contributed by atoms with E-state index in [4.69, 9.17) is 4.74 Å². The fraction of sp³-hybridized carbons (Fsp3) is 0.412. The Morgan fingerprint density at radius 2 is 1.87 bits per heavy atom. The SMILES string of the molecule is COC(=O)/C=C/[C@H](Cc1ccc(Br)cc1)NC(=O)OC(C)(C)C. The molecule has 1 N–H and O–H groups in total. The Morgan fingerprint density at radius 3 is 2.39 bits per heavy atom. The molecule has 0 spiro atoms. The number of hydrogen-bond acceptors (Lipinski definition) is 4. The van der Waals surface area contributed by atoms with Gasteiger partial charge in [-0.3, -0.25) is 0 Å². The minimum atomic E-state index is -0.585. The van der Waals surface area contributed by atoms with Crippen LogP contribution in [0.1, 0.15) is 26.3 Å². The van der Waals surface area contributed by atoms with E-state index in [1.54, 1.807) is 26.8 Å². The van der Waals surface area contributed by atoms with E-state index in [1.165, 1.54) is 13.2 Å². The van der Waals surface area contributed by atoms with E-state index in [1.807, 2.05) is 24.3 Å². The Labute approximate surface area is 145 Å². The van der Waals surface area contributed by atoms with E-state index < -0.39 is 17.7 Å². The van der Waals surface area contributed by atoms with E-state index in [-0.39, 0.29) is 6.04 Å². The van der Waals surface area contributed by atoms with Gasteiger partial charge in [0.15, 0.2) is 0 Å². The molecule has 1 atom stereocenters. The van der Waals surface area contributed by atoms with Gasteiger partial charge in [-0.1, -0.05) is 34.1 Å². The van der Waals surface area contributed by atoms with E-state index in [2.05, 4.69) is 26.0 Å². The molecule has 1 rings (SSSR count). The number of carbonyl (C=O) groups is 2. The van der Waals surface area contributed by atoms with Gasteiger partial charge in [0, 0.05) is 10.5 Å². The average Bonchev–Trinajstić information content (AvgIpc) is 2.44. The summed E-state index contributed by atoms with van der Waals surface area (Å²) in [6.07, 6.45) is 2.88. The molecule has 1 aromatic carbocycles. The van der Waals surface area contributed by atoms with Crippen molar-refractivity contribution in [2.75, 3.05) is 7.11 Å². The van der Waals surface area contributed by atoms with Crippen molar-refractivity contribution in [3.05, 3.63) is 46.5 Å². The second kappa shape index (κ2) is 8.72. The highest BCUT2D eigenvalue weighted by atomic mass is 79.9. The molecule has 1 aromatic rings. The quantitative estimate of drug-likeness (QED) is 0.622. The summed E-state index contributed by atoms with van der Waals surface area (Å²) in [4.78, 5) is 23.2. The van der Waals surface area contributed by atoms with Crippen LogP contribution in [-0.4, -0.2) is 30.8 Å². The number of esters is 1. The van der Waals surface area contributed by atoms with Crippen LogP contribution in [0.15, 0.2) is 40.9 Å². The molecule has 5 nitrogen and oxygen atoms in total. The van der Waals surface area contributed by atoms with Gasteiger partial charge in [-0.15, -0.1) is 0 Å². The number of hydrogen-bond donors (Lipinski definition) is 1. The maximum Gasteiger partial charge on any atom is 0.408 e. The first-order valence-corrected chi connectivity index (χ1v) is 7.99. The number of nitrogens with one attached hydrogen (secondary N) is 1. The maximum absolute atomic E-state index is 11.9. The van der Waals surface area contributed by atoms with Crippen LogP contribution < -0.4 is 5.32 Å². The third-order valence-corrected chi connectivity index (χ3v) is 3.27. The molecule has 0 heterocycles. The lowest BCUT2D eigenvalue weighted by molar-refractivity contribution is -0.134. The zero-order valence-corrected chi connectivity index (χ0v) is 15.3. The highest BCUT2D eigenvalue weighted by Crippen LogP contribution is 2.13. The lowest BCUT2D eigenvalue weighted by atomic mass is 10.1. The molecule has 1 amide bonds. The van der Waals surface area contributed by atoms with Gasteiger partial charge < -0.3 is 14.8 Å². The van der Waals surface area contributed by atoms with Crippen molar-refractivity contribution in [2.45, 2.75) is 38.8 Å². The van der Waals surface area contributed by atoms with Gasteiger partial charge >= 0.3 is 12.1 Å². The van der Waals surface area contributed by atoms with Crippen LogP contribution in [-0.2, 0) is 20.7 Å². The minimum Gasteiger partial charge on any atom is -0.466 e. The summed E-state index contributed by atoms with van der Waals surface area (Å²) in [5.41, 5.74) is 0.432. The number of carbonyl (C=O) groups excluding carboxylic acids is 2. The van der Waals surface area contributed by atoms with Crippen LogP contribution in [0.4, 0.5) is 4.79 Å². The first-order valence-electron chi connectivity index (χ1n) is 7.20. The van der Waals surface area contributed by atoms with Crippen LogP contribution in [0.5, 0.6) is 0 Å². The number of benzene rings is 1. The molecule has 0 aliphatic heterocycles. The summed E-state index contributed by atoms with van der Waals surface area (Å²) in [5.74, 6) is -0.475. The van der Waals surface area contributed by atoms with E-state index in [0.717, 1.165) is 10.0 Å². The van der Waals surface area contributed by atoms with Crippen molar-refractivity contribution < 1.29 is 19.1 Å². The van der Waals surface area contributed by atoms with Gasteiger partial charge in [0.1, 0.15) is 5.60 Å². The maximum atomic E-state index is 11.9. The number of rotatable bonds is 5. The summed E-state index contributed by atoms with van der Waals surface area (Å²) in [7, 11) is 1.30. The summed E-state index contributed by atoms with van der Waals surface area (Å²) < 4.78 is 10.8. The molecular weight excluding hydrogens is 362 g/mol. The molecule has 6 heteroatoms. The number of amides is 1. The summed E-state index contributed by atoms with van der Waals surface area (Å²) >= 11 is 3.38. The largest absolute Gasteiger partial charge is 0.466 e.